The lowest BCUT2D eigenvalue weighted by molar-refractivity contribution is -0.484. The predicted octanol–water partition coefficient (Wildman–Crippen LogP) is 0.942. The lowest BCUT2D eigenvalue weighted by Crippen LogP contribution is -2.99. The van der Waals surface area contributed by atoms with E-state index >= 15 is 0 Å². The van der Waals surface area contributed by atoms with Gasteiger partial charge in [-0.25, -0.2) is 0 Å². The van der Waals surface area contributed by atoms with Crippen LogP contribution in [0.1, 0.15) is 0 Å². The molecule has 6 saturated carbocycles. The van der Waals surface area contributed by atoms with Crippen LogP contribution in [0.2, 0.25) is 0 Å². The Morgan fingerprint density at radius 2 is 1.12 bits per heavy atom. The minimum Gasteiger partial charge on any atom is -0.0311 e. The molecule has 6 aliphatic rings. The van der Waals surface area contributed by atoms with Gasteiger partial charge in [-0.15, -0.1) is 0 Å². The highest BCUT2D eigenvalue weighted by Gasteiger charge is 2.98. The van der Waals surface area contributed by atoms with E-state index in [0.29, 0.717) is 0 Å². The third-order valence-corrected chi connectivity index (χ3v) is 4.98. The molecule has 6 aliphatic carbocycles. The molecule has 0 heteroatoms. The maximum absolute atomic E-state index is 2.05. The number of hydrogen-bond donors (Lipinski definition) is 0. The van der Waals surface area contributed by atoms with E-state index in [1.165, 1.54) is 41.4 Å². The Morgan fingerprint density at radius 3 is 1.25 bits per heavy atom. The zero-order valence-electron chi connectivity index (χ0n) is 4.54. The molecule has 0 aromatic carbocycles. The van der Waals surface area contributed by atoms with Crippen LogP contribution in [0, 0.1) is 47.3 Å². The molecule has 6 fully saturated rings. The maximum Gasteiger partial charge on any atom is -0.0130 e. The minimum absolute atomic E-state index is 1.25. The fraction of sp³-hybridized carbons (Fsp3) is 0.875. The quantitative estimate of drug-likeness (QED) is 0.428. The maximum atomic E-state index is 2.05. The average Bonchev–Trinajstić information content (AvgIpc) is 1.90. The molecule has 0 N–H and O–H groups in total. The zero-order chi connectivity index (χ0) is 4.62. The third-order valence-electron chi connectivity index (χ3n) is 4.98. The summed E-state index contributed by atoms with van der Waals surface area (Å²) < 4.78 is 0. The Morgan fingerprint density at radius 1 is 0.625 bits per heavy atom. The molecule has 0 heterocycles. The van der Waals surface area contributed by atoms with Crippen molar-refractivity contribution in [3.8, 4) is 0 Å². The second-order valence-corrected chi connectivity index (χ2v) is 4.39. The molecule has 6 rings (SSSR count). The highest BCUT2D eigenvalue weighted by molar-refractivity contribution is 5.57. The summed E-state index contributed by atoms with van der Waals surface area (Å²) in [5.41, 5.74) is 0. The van der Waals surface area contributed by atoms with Crippen molar-refractivity contribution in [3.05, 3.63) is 5.92 Å². The molecule has 1 radical (unpaired) electrons. The topological polar surface area (TPSA) is 0 Å². The summed E-state index contributed by atoms with van der Waals surface area (Å²) in [4.78, 5) is 0. The van der Waals surface area contributed by atoms with E-state index in [1.807, 2.05) is 5.92 Å². The first-order valence-corrected chi connectivity index (χ1v) is 3.87. The highest BCUT2D eigenvalue weighted by Crippen LogP contribution is 3.01. The Labute approximate surface area is 48.3 Å². The van der Waals surface area contributed by atoms with E-state index in [0.717, 1.165) is 0 Å². The monoisotopic (exact) mass is 103 g/mol. The van der Waals surface area contributed by atoms with Gasteiger partial charge < -0.3 is 0 Å². The minimum atomic E-state index is 1.25. The van der Waals surface area contributed by atoms with Crippen LogP contribution < -0.4 is 0 Å². The second-order valence-electron chi connectivity index (χ2n) is 4.39. The van der Waals surface area contributed by atoms with Gasteiger partial charge in [0.2, 0.25) is 0 Å². The Hall–Kier alpha value is 0. The summed E-state index contributed by atoms with van der Waals surface area (Å²) in [7, 11) is 0. The van der Waals surface area contributed by atoms with Gasteiger partial charge in [-0.1, -0.05) is 0 Å². The van der Waals surface area contributed by atoms with Crippen LogP contribution >= 0.6 is 0 Å². The van der Waals surface area contributed by atoms with E-state index in [1.54, 1.807) is 0 Å². The molecule has 0 nitrogen and oxygen atoms in total. The van der Waals surface area contributed by atoms with Gasteiger partial charge in [0.15, 0.2) is 0 Å². The van der Waals surface area contributed by atoms with Gasteiger partial charge in [0, 0.05) is 0 Å². The predicted molar refractivity (Wildman–Crippen MR) is 27.7 cm³/mol. The summed E-state index contributed by atoms with van der Waals surface area (Å²) in [5.74, 6) is 11.0. The van der Waals surface area contributed by atoms with Crippen molar-refractivity contribution in [1.82, 2.24) is 0 Å². The van der Waals surface area contributed by atoms with Crippen molar-refractivity contribution in [2.75, 3.05) is 0 Å². The van der Waals surface area contributed by atoms with Crippen molar-refractivity contribution in [2.24, 2.45) is 41.4 Å². The van der Waals surface area contributed by atoms with E-state index in [4.69, 9.17) is 0 Å². The van der Waals surface area contributed by atoms with Gasteiger partial charge in [-0.05, 0) is 47.3 Å². The van der Waals surface area contributed by atoms with Crippen LogP contribution in [-0.2, 0) is 0 Å². The Balaban J connectivity index is 2.00. The van der Waals surface area contributed by atoms with Gasteiger partial charge in [-0.3, -0.25) is 0 Å². The molecule has 0 amide bonds. The normalized spacial score (nSPS) is 101. The van der Waals surface area contributed by atoms with Gasteiger partial charge in [0.25, 0.3) is 0 Å². The van der Waals surface area contributed by atoms with Gasteiger partial charge in [-0.2, -0.15) is 0 Å². The van der Waals surface area contributed by atoms with Crippen molar-refractivity contribution < 1.29 is 0 Å². The van der Waals surface area contributed by atoms with E-state index < -0.39 is 0 Å². The fourth-order valence-corrected chi connectivity index (χ4v) is 4.85. The van der Waals surface area contributed by atoms with Crippen LogP contribution in [0.4, 0.5) is 0 Å². The molecule has 0 aliphatic heterocycles. The van der Waals surface area contributed by atoms with E-state index in [2.05, 4.69) is 0 Å². The first-order chi connectivity index (χ1) is 4.00. The summed E-state index contributed by atoms with van der Waals surface area (Å²) in [6, 6.07) is 0. The molecular formula is C8H7. The molecule has 0 bridgehead atoms. The number of hydrogen-bond acceptors (Lipinski definition) is 0. The first-order valence-electron chi connectivity index (χ1n) is 3.87. The largest absolute Gasteiger partial charge is 0.0311 e. The SMILES string of the molecule is [C]12C3C4C1C1C2C3C41. The molecule has 0 saturated heterocycles. The van der Waals surface area contributed by atoms with Crippen molar-refractivity contribution in [1.29, 1.82) is 0 Å². The molecule has 0 atom stereocenters. The van der Waals surface area contributed by atoms with Crippen molar-refractivity contribution >= 4 is 0 Å². The average molecular weight is 103 g/mol. The zero-order valence-corrected chi connectivity index (χ0v) is 4.54. The van der Waals surface area contributed by atoms with E-state index in [-0.39, 0.29) is 0 Å². The van der Waals surface area contributed by atoms with Crippen LogP contribution in [0.5, 0.6) is 0 Å². The Kier molecular flexibility index (Phi) is 0.149. The summed E-state index contributed by atoms with van der Waals surface area (Å²) in [6.07, 6.45) is 0. The van der Waals surface area contributed by atoms with Gasteiger partial charge in [0.1, 0.15) is 0 Å². The van der Waals surface area contributed by atoms with Crippen LogP contribution in [-0.4, -0.2) is 0 Å². The molecule has 0 aromatic rings. The molecule has 0 aromatic heterocycles. The molecule has 0 unspecified atom stereocenters. The smallest absolute Gasteiger partial charge is 0.0130 e. The van der Waals surface area contributed by atoms with Crippen LogP contribution in [0.15, 0.2) is 0 Å². The Bertz CT molecular complexity index is 110. The van der Waals surface area contributed by atoms with Crippen LogP contribution in [0.3, 0.4) is 0 Å². The highest BCUT2D eigenvalue weighted by atomic mass is 15.0. The number of rotatable bonds is 0. The molecule has 39 valence electrons. The molecule has 0 spiro atoms. The molecular weight excluding hydrogens is 96.1 g/mol. The lowest BCUT2D eigenvalue weighted by Gasteiger charge is -3.03. The third kappa shape index (κ3) is 0.0651. The molecule has 8 heavy (non-hydrogen) atoms. The lowest BCUT2D eigenvalue weighted by atomic mass is 9.01. The van der Waals surface area contributed by atoms with Gasteiger partial charge in [0.05, 0.1) is 0 Å². The summed E-state index contributed by atoms with van der Waals surface area (Å²) >= 11 is 0. The van der Waals surface area contributed by atoms with Crippen LogP contribution in [0.25, 0.3) is 0 Å². The van der Waals surface area contributed by atoms with Crippen molar-refractivity contribution in [2.45, 2.75) is 0 Å². The fourth-order valence-electron chi connectivity index (χ4n) is 4.85. The first kappa shape index (κ1) is 2.72. The summed E-state index contributed by atoms with van der Waals surface area (Å²) in [6.45, 7) is 0. The van der Waals surface area contributed by atoms with E-state index in [9.17, 15) is 0 Å². The van der Waals surface area contributed by atoms with Gasteiger partial charge >= 0.3 is 0 Å². The second kappa shape index (κ2) is 0.438. The standard InChI is InChI=1S/C8H7/c1-2-5-3(1)7-4(1)6(2)8(5)7/h1-7H. The van der Waals surface area contributed by atoms with Crippen molar-refractivity contribution in [3.63, 3.8) is 0 Å². The summed E-state index contributed by atoms with van der Waals surface area (Å²) in [5, 5.41) is 0.